The Bertz CT molecular complexity index is 3560. The molecule has 3 fully saturated rings. The van der Waals surface area contributed by atoms with Crippen molar-refractivity contribution in [2.45, 2.75) is 168 Å². The third-order valence-electron chi connectivity index (χ3n) is 16.9. The topological polar surface area (TPSA) is 151 Å². The van der Waals surface area contributed by atoms with Crippen molar-refractivity contribution < 1.29 is 33.8 Å². The molecule has 1 saturated heterocycles. The summed E-state index contributed by atoms with van der Waals surface area (Å²) in [4.78, 5) is 50.6. The molecule has 0 bridgehead atoms. The summed E-state index contributed by atoms with van der Waals surface area (Å²) in [6, 6.07) is 24.5. The molecule has 2 amide bonds. The van der Waals surface area contributed by atoms with Gasteiger partial charge in [0.05, 0.1) is 51.8 Å². The van der Waals surface area contributed by atoms with Gasteiger partial charge >= 0.3 is 11.9 Å². The zero-order valence-corrected chi connectivity index (χ0v) is 46.2. The zero-order valence-electron chi connectivity index (χ0n) is 46.2. The molecule has 408 valence electrons. The van der Waals surface area contributed by atoms with E-state index in [1.807, 2.05) is 64.4 Å². The van der Waals surface area contributed by atoms with Crippen LogP contribution in [-0.2, 0) is 35.7 Å². The lowest BCUT2D eigenvalue weighted by Crippen LogP contribution is -2.29. The molecule has 78 heavy (non-hydrogen) atoms. The van der Waals surface area contributed by atoms with Crippen LogP contribution < -0.4 is 10.6 Å². The fraction of sp³-hybridized carbons (Fsp3) is 0.446. The van der Waals surface area contributed by atoms with Crippen LogP contribution in [-0.4, -0.2) is 79.5 Å². The quantitative estimate of drug-likeness (QED) is 0.128. The number of hydrogen-bond acceptors (Lipinski definition) is 6. The van der Waals surface area contributed by atoms with Gasteiger partial charge in [0.1, 0.15) is 0 Å². The van der Waals surface area contributed by atoms with Gasteiger partial charge in [-0.05, 0) is 126 Å². The van der Waals surface area contributed by atoms with Crippen molar-refractivity contribution in [2.75, 3.05) is 20.3 Å². The molecule has 2 aliphatic carbocycles. The van der Waals surface area contributed by atoms with Crippen molar-refractivity contribution in [1.82, 2.24) is 28.9 Å². The molecule has 13 heteroatoms. The van der Waals surface area contributed by atoms with Crippen LogP contribution in [0.4, 0.5) is 0 Å². The van der Waals surface area contributed by atoms with Crippen LogP contribution in [0.3, 0.4) is 0 Å². The van der Waals surface area contributed by atoms with E-state index in [9.17, 15) is 24.3 Å². The van der Waals surface area contributed by atoms with E-state index in [-0.39, 0.29) is 29.9 Å². The summed E-state index contributed by atoms with van der Waals surface area (Å²) in [6.45, 7) is 13.3. The van der Waals surface area contributed by atoms with Crippen molar-refractivity contribution in [3.63, 3.8) is 0 Å². The highest BCUT2D eigenvalue weighted by molar-refractivity contribution is 6.13. The summed E-state index contributed by atoms with van der Waals surface area (Å²) in [5, 5.41) is 20.3. The van der Waals surface area contributed by atoms with Gasteiger partial charge in [-0.3, -0.25) is 9.59 Å². The number of nitrogens with one attached hydrogen (secondary N) is 2. The standard InChI is InChI=1S/C31H35N3O3.C30H33N3O3.C4H8O/c1-19(2)32-30(35)25-18-33-15-8-16-34-26-17-21(31(36)37-3)13-14-23(26)27(20-9-5-4-6-10-20)29(34)24-12-7-11-22(25)28(24)33;1-18(2)31-29(34)24-17-32-14-7-15-33-25-16-20(30(35)36)12-13-22(25)26(19-8-4-3-5-9-19)28(33)23-11-6-10-21(24)27(23)32;1-2-4-5-3-1/h7,11-14,17-20H,4-6,8-10,15-16H2,1-3H3,(H,32,35);6,10-13,16-19H,3-5,7-9,14-15H2,1-2H3,(H,31,34)(H,35,36);1-4H2. The Morgan fingerprint density at radius 1 is 0.551 bits per heavy atom. The van der Waals surface area contributed by atoms with Crippen LogP contribution in [0, 0.1) is 0 Å². The number of carbonyl (C=O) groups excluding carboxylic acids is 3. The largest absolute Gasteiger partial charge is 0.478 e. The zero-order chi connectivity index (χ0) is 54.2. The Kier molecular flexibility index (Phi) is 15.4. The number of carboxylic acid groups (broad SMARTS) is 1. The molecule has 4 aromatic carbocycles. The van der Waals surface area contributed by atoms with Crippen molar-refractivity contribution >= 4 is 67.4 Å². The summed E-state index contributed by atoms with van der Waals surface area (Å²) in [5.74, 6) is -0.322. The third-order valence-corrected chi connectivity index (χ3v) is 16.9. The number of fused-ring (bicyclic) bond motifs is 8. The maximum atomic E-state index is 13.2. The predicted molar refractivity (Wildman–Crippen MR) is 310 cm³/mol. The Morgan fingerprint density at radius 2 is 1.00 bits per heavy atom. The maximum Gasteiger partial charge on any atom is 0.337 e. The Balaban J connectivity index is 0.000000152. The summed E-state index contributed by atoms with van der Waals surface area (Å²) in [7, 11) is 1.44. The first-order valence-electron chi connectivity index (χ1n) is 29.0. The van der Waals surface area contributed by atoms with Gasteiger partial charge in [0, 0.05) is 108 Å². The van der Waals surface area contributed by atoms with Gasteiger partial charge in [-0.1, -0.05) is 87.1 Å². The molecule has 0 radical (unpaired) electrons. The summed E-state index contributed by atoms with van der Waals surface area (Å²) >= 11 is 0. The summed E-state index contributed by atoms with van der Waals surface area (Å²) in [6.07, 6.45) is 20.7. The molecule has 8 aromatic rings. The monoisotopic (exact) mass is 1050 g/mol. The highest BCUT2D eigenvalue weighted by Crippen LogP contribution is 2.49. The van der Waals surface area contributed by atoms with Gasteiger partial charge in [-0.2, -0.15) is 0 Å². The number of ether oxygens (including phenoxy) is 2. The minimum Gasteiger partial charge on any atom is -0.478 e. The van der Waals surface area contributed by atoms with Crippen molar-refractivity contribution in [2.24, 2.45) is 0 Å². The van der Waals surface area contributed by atoms with E-state index in [1.165, 1.54) is 110 Å². The number of carboxylic acids is 1. The summed E-state index contributed by atoms with van der Waals surface area (Å²) in [5.41, 5.74) is 14.3. The van der Waals surface area contributed by atoms with Crippen molar-refractivity contribution in [3.8, 4) is 22.5 Å². The van der Waals surface area contributed by atoms with Crippen LogP contribution in [0.5, 0.6) is 0 Å². The average molecular weight is 1050 g/mol. The van der Waals surface area contributed by atoms with Crippen LogP contribution in [0.1, 0.15) is 182 Å². The minimum absolute atomic E-state index is 0.0223. The number of esters is 1. The molecule has 13 rings (SSSR count). The Morgan fingerprint density at radius 3 is 1.41 bits per heavy atom. The lowest BCUT2D eigenvalue weighted by Gasteiger charge is -2.25. The molecule has 4 aromatic heterocycles. The third kappa shape index (κ3) is 10.0. The van der Waals surface area contributed by atoms with Gasteiger partial charge in [-0.15, -0.1) is 0 Å². The molecule has 2 saturated carbocycles. The van der Waals surface area contributed by atoms with Crippen molar-refractivity contribution in [1.29, 1.82) is 0 Å². The highest BCUT2D eigenvalue weighted by atomic mass is 16.5. The van der Waals surface area contributed by atoms with Gasteiger partial charge in [0.15, 0.2) is 0 Å². The molecule has 5 aliphatic rings. The molecule has 0 spiro atoms. The molecule has 3 N–H and O–H groups in total. The number of methoxy groups -OCH3 is 1. The van der Waals surface area contributed by atoms with Crippen LogP contribution in [0.2, 0.25) is 0 Å². The molecule has 0 atom stereocenters. The first-order valence-corrected chi connectivity index (χ1v) is 29.0. The Hall–Kier alpha value is -7.12. The van der Waals surface area contributed by atoms with Crippen LogP contribution in [0.25, 0.3) is 66.1 Å². The maximum absolute atomic E-state index is 13.2. The van der Waals surface area contributed by atoms with Gasteiger partial charge in [-0.25, -0.2) is 9.59 Å². The number of nitrogens with zero attached hydrogens (tertiary/aromatic N) is 4. The van der Waals surface area contributed by atoms with Crippen molar-refractivity contribution in [3.05, 3.63) is 119 Å². The number of hydrogen-bond donors (Lipinski definition) is 3. The SMILES string of the molecule is C1CCOC1.CC(C)NC(=O)c1cn2c3c(cccc13)-c1c(C3CCCCC3)c3ccc(C(=O)O)cc3n1CCC2.COC(=O)c1ccc2c(C3CCCCC3)c3n(c2c1)CCCn1cc(C(=O)NC(C)C)c2cccc-3c21. The Labute approximate surface area is 457 Å². The van der Waals surface area contributed by atoms with Crippen LogP contribution in [0.15, 0.2) is 85.2 Å². The van der Waals surface area contributed by atoms with E-state index in [2.05, 4.69) is 71.4 Å². The number of amides is 2. The molecular weight excluding hydrogens is 977 g/mol. The van der Waals surface area contributed by atoms with E-state index in [4.69, 9.17) is 9.47 Å². The highest BCUT2D eigenvalue weighted by Gasteiger charge is 2.33. The normalized spacial score (nSPS) is 16.6. The number of aromatic nitrogens is 4. The minimum atomic E-state index is -0.894. The second-order valence-electron chi connectivity index (χ2n) is 22.9. The van der Waals surface area contributed by atoms with E-state index in [0.717, 1.165) is 115 Å². The van der Waals surface area contributed by atoms with Crippen LogP contribution >= 0.6 is 0 Å². The lowest BCUT2D eigenvalue weighted by atomic mass is 9.81. The van der Waals surface area contributed by atoms with E-state index >= 15 is 0 Å². The number of rotatable bonds is 8. The van der Waals surface area contributed by atoms with Gasteiger partial charge in [0.25, 0.3) is 11.8 Å². The molecule has 7 heterocycles. The molecule has 3 aliphatic heterocycles. The predicted octanol–water partition coefficient (Wildman–Crippen LogP) is 14.0. The second kappa shape index (κ2) is 22.7. The van der Waals surface area contributed by atoms with E-state index in [1.54, 1.807) is 6.07 Å². The fourth-order valence-electron chi connectivity index (χ4n) is 13.6. The lowest BCUT2D eigenvalue weighted by molar-refractivity contribution is 0.0599. The van der Waals surface area contributed by atoms with Gasteiger partial charge < -0.3 is 43.5 Å². The van der Waals surface area contributed by atoms with E-state index < -0.39 is 5.97 Å². The second-order valence-corrected chi connectivity index (χ2v) is 22.9. The number of carbonyl (C=O) groups is 4. The molecular formula is C65H76N6O7. The first-order chi connectivity index (χ1) is 37.9. The fourth-order valence-corrected chi connectivity index (χ4v) is 13.6. The molecule has 0 unspecified atom stereocenters. The number of benzene rings is 4. The van der Waals surface area contributed by atoms with Gasteiger partial charge in [0.2, 0.25) is 0 Å². The number of para-hydroxylation sites is 2. The average Bonchev–Trinajstić information content (AvgIpc) is 4.34. The number of aromatic carboxylic acids is 1. The number of aryl methyl sites for hydroxylation is 4. The first kappa shape index (κ1) is 52.9. The smallest absolute Gasteiger partial charge is 0.337 e. The van der Waals surface area contributed by atoms with E-state index in [0.29, 0.717) is 23.0 Å². The summed E-state index contributed by atoms with van der Waals surface area (Å²) < 4.78 is 19.3. The molecule has 13 nitrogen and oxygen atoms in total.